The van der Waals surface area contributed by atoms with E-state index >= 15 is 0 Å². The summed E-state index contributed by atoms with van der Waals surface area (Å²) in [5.74, 6) is 0.603. The van der Waals surface area contributed by atoms with E-state index in [1.807, 2.05) is 27.9 Å². The first-order chi connectivity index (χ1) is 9.93. The first-order valence-corrected chi connectivity index (χ1v) is 7.62. The van der Waals surface area contributed by atoms with E-state index in [1.54, 1.807) is 18.0 Å². The van der Waals surface area contributed by atoms with Crippen LogP contribution in [0.15, 0.2) is 6.20 Å². The zero-order valence-corrected chi connectivity index (χ0v) is 13.9. The van der Waals surface area contributed by atoms with Crippen LogP contribution in [-0.2, 0) is 6.54 Å². The Labute approximate surface area is 129 Å². The van der Waals surface area contributed by atoms with Gasteiger partial charge in [0.2, 0.25) is 0 Å². The standard InChI is InChI=1S/C14H22N4O2S/c1-9-14(21-10(2)16-9)13(19)12-11(20-5)8-15-18(12)7-6-17(3)4/h8,13,19H,6-7H2,1-5H3. The SMILES string of the molecule is COc1cnn(CCN(C)C)c1C(O)c1sc(C)nc1C. The Kier molecular flexibility index (Phi) is 4.97. The van der Waals surface area contributed by atoms with Crippen molar-refractivity contribution in [3.8, 4) is 5.75 Å². The maximum atomic E-state index is 10.7. The molecule has 0 amide bonds. The molecule has 116 valence electrons. The Morgan fingerprint density at radius 1 is 1.43 bits per heavy atom. The molecule has 0 spiro atoms. The molecule has 2 heterocycles. The van der Waals surface area contributed by atoms with Crippen molar-refractivity contribution in [2.75, 3.05) is 27.7 Å². The molecule has 1 unspecified atom stereocenters. The molecule has 2 rings (SSSR count). The van der Waals surface area contributed by atoms with Gasteiger partial charge in [-0.3, -0.25) is 4.68 Å². The number of rotatable bonds is 6. The van der Waals surface area contributed by atoms with E-state index in [9.17, 15) is 5.11 Å². The molecule has 2 aromatic heterocycles. The third-order valence-electron chi connectivity index (χ3n) is 3.27. The summed E-state index contributed by atoms with van der Waals surface area (Å²) in [6, 6.07) is 0. The number of methoxy groups -OCH3 is 1. The molecule has 0 saturated carbocycles. The lowest BCUT2D eigenvalue weighted by atomic mass is 10.2. The monoisotopic (exact) mass is 310 g/mol. The number of likely N-dealkylation sites (N-methyl/N-ethyl adjacent to an activating group) is 1. The molecule has 0 bridgehead atoms. The van der Waals surface area contributed by atoms with Crippen LogP contribution in [0.4, 0.5) is 0 Å². The van der Waals surface area contributed by atoms with E-state index < -0.39 is 6.10 Å². The van der Waals surface area contributed by atoms with Crippen LogP contribution >= 0.6 is 11.3 Å². The first kappa shape index (κ1) is 15.9. The molecule has 0 fully saturated rings. The highest BCUT2D eigenvalue weighted by atomic mass is 32.1. The number of aryl methyl sites for hydroxylation is 2. The molecule has 1 atom stereocenters. The third kappa shape index (κ3) is 3.42. The number of aliphatic hydroxyl groups is 1. The minimum Gasteiger partial charge on any atom is -0.493 e. The van der Waals surface area contributed by atoms with E-state index in [-0.39, 0.29) is 0 Å². The highest BCUT2D eigenvalue weighted by Gasteiger charge is 2.25. The molecule has 6 nitrogen and oxygen atoms in total. The fourth-order valence-corrected chi connectivity index (χ4v) is 3.13. The average Bonchev–Trinajstić information content (AvgIpc) is 2.98. The van der Waals surface area contributed by atoms with Crippen LogP contribution in [-0.4, -0.2) is 52.5 Å². The van der Waals surface area contributed by atoms with Crippen molar-refractivity contribution in [1.29, 1.82) is 0 Å². The lowest BCUT2D eigenvalue weighted by molar-refractivity contribution is 0.203. The van der Waals surface area contributed by atoms with Crippen LogP contribution in [0.3, 0.4) is 0 Å². The van der Waals surface area contributed by atoms with Gasteiger partial charge in [-0.2, -0.15) is 5.10 Å². The van der Waals surface area contributed by atoms with E-state index in [0.717, 1.165) is 22.1 Å². The van der Waals surface area contributed by atoms with Crippen molar-refractivity contribution in [3.63, 3.8) is 0 Å². The van der Waals surface area contributed by atoms with Gasteiger partial charge in [0.05, 0.1) is 35.4 Å². The van der Waals surface area contributed by atoms with Gasteiger partial charge >= 0.3 is 0 Å². The Hall–Kier alpha value is -1.44. The number of nitrogens with zero attached hydrogens (tertiary/aromatic N) is 4. The summed E-state index contributed by atoms with van der Waals surface area (Å²) in [7, 11) is 5.61. The number of aliphatic hydroxyl groups excluding tert-OH is 1. The molecular weight excluding hydrogens is 288 g/mol. The van der Waals surface area contributed by atoms with Crippen molar-refractivity contribution in [2.45, 2.75) is 26.5 Å². The average molecular weight is 310 g/mol. The lowest BCUT2D eigenvalue weighted by Crippen LogP contribution is -2.21. The second-order valence-electron chi connectivity index (χ2n) is 5.21. The van der Waals surface area contributed by atoms with Crippen molar-refractivity contribution < 1.29 is 9.84 Å². The predicted octanol–water partition coefficient (Wildman–Crippen LogP) is 1.61. The van der Waals surface area contributed by atoms with Gasteiger partial charge in [-0.1, -0.05) is 0 Å². The zero-order chi connectivity index (χ0) is 15.6. The van der Waals surface area contributed by atoms with Crippen molar-refractivity contribution in [2.24, 2.45) is 0 Å². The van der Waals surface area contributed by atoms with Crippen LogP contribution in [0, 0.1) is 13.8 Å². The largest absolute Gasteiger partial charge is 0.493 e. The molecule has 0 aromatic carbocycles. The summed E-state index contributed by atoms with van der Waals surface area (Å²) in [5, 5.41) is 16.0. The topological polar surface area (TPSA) is 63.4 Å². The van der Waals surface area contributed by atoms with Gasteiger partial charge in [0.1, 0.15) is 11.8 Å². The molecule has 0 aliphatic heterocycles. The summed E-state index contributed by atoms with van der Waals surface area (Å²) in [6.07, 6.45) is 0.882. The summed E-state index contributed by atoms with van der Waals surface area (Å²) in [4.78, 5) is 7.30. The van der Waals surface area contributed by atoms with Crippen LogP contribution in [0.25, 0.3) is 0 Å². The van der Waals surface area contributed by atoms with Crippen molar-refractivity contribution in [1.82, 2.24) is 19.7 Å². The smallest absolute Gasteiger partial charge is 0.163 e. The van der Waals surface area contributed by atoms with Crippen LogP contribution in [0.2, 0.25) is 0 Å². The third-order valence-corrected chi connectivity index (χ3v) is 4.40. The molecule has 21 heavy (non-hydrogen) atoms. The molecule has 0 aliphatic carbocycles. The minimum absolute atomic E-state index is 0.603. The van der Waals surface area contributed by atoms with Gasteiger partial charge < -0.3 is 14.7 Å². The second-order valence-corrected chi connectivity index (χ2v) is 6.44. The van der Waals surface area contributed by atoms with E-state index in [2.05, 4.69) is 15.0 Å². The number of thiazole rings is 1. The zero-order valence-electron chi connectivity index (χ0n) is 13.1. The fraction of sp³-hybridized carbons (Fsp3) is 0.571. The van der Waals surface area contributed by atoms with Gasteiger partial charge in [-0.05, 0) is 27.9 Å². The van der Waals surface area contributed by atoms with E-state index in [1.165, 1.54) is 11.3 Å². The van der Waals surface area contributed by atoms with Crippen LogP contribution in [0.5, 0.6) is 5.75 Å². The second kappa shape index (κ2) is 6.55. The van der Waals surface area contributed by atoms with Gasteiger partial charge in [-0.15, -0.1) is 11.3 Å². The molecule has 1 N–H and O–H groups in total. The predicted molar refractivity (Wildman–Crippen MR) is 83.0 cm³/mol. The fourth-order valence-electron chi connectivity index (χ4n) is 2.21. The number of aromatic nitrogens is 3. The van der Waals surface area contributed by atoms with Crippen molar-refractivity contribution in [3.05, 3.63) is 27.5 Å². The summed E-state index contributed by atoms with van der Waals surface area (Å²) in [5.41, 5.74) is 1.54. The van der Waals surface area contributed by atoms with E-state index in [0.29, 0.717) is 18.0 Å². The molecular formula is C14H22N4O2S. The maximum absolute atomic E-state index is 10.7. The Morgan fingerprint density at radius 2 is 2.14 bits per heavy atom. The highest BCUT2D eigenvalue weighted by molar-refractivity contribution is 7.11. The first-order valence-electron chi connectivity index (χ1n) is 6.80. The molecule has 2 aromatic rings. The number of hydrogen-bond donors (Lipinski definition) is 1. The molecule has 0 aliphatic rings. The van der Waals surface area contributed by atoms with Gasteiger partial charge in [0.25, 0.3) is 0 Å². The van der Waals surface area contributed by atoms with Gasteiger partial charge in [0.15, 0.2) is 5.75 Å². The lowest BCUT2D eigenvalue weighted by Gasteiger charge is -2.16. The minimum atomic E-state index is -0.768. The Balaban J connectivity index is 2.36. The Morgan fingerprint density at radius 3 is 2.67 bits per heavy atom. The maximum Gasteiger partial charge on any atom is 0.163 e. The van der Waals surface area contributed by atoms with Gasteiger partial charge in [0, 0.05) is 6.54 Å². The molecule has 7 heteroatoms. The van der Waals surface area contributed by atoms with E-state index in [4.69, 9.17) is 4.74 Å². The summed E-state index contributed by atoms with van der Waals surface area (Å²) in [6.45, 7) is 5.38. The summed E-state index contributed by atoms with van der Waals surface area (Å²) >= 11 is 1.50. The van der Waals surface area contributed by atoms with Gasteiger partial charge in [-0.25, -0.2) is 4.98 Å². The summed E-state index contributed by atoms with van der Waals surface area (Å²) < 4.78 is 7.15. The number of hydrogen-bond acceptors (Lipinski definition) is 6. The van der Waals surface area contributed by atoms with Crippen molar-refractivity contribution >= 4 is 11.3 Å². The normalized spacial score (nSPS) is 12.9. The molecule has 0 radical (unpaired) electrons. The van der Waals surface area contributed by atoms with Crippen LogP contribution in [0.1, 0.15) is 27.4 Å². The molecule has 0 saturated heterocycles. The Bertz CT molecular complexity index is 606. The highest BCUT2D eigenvalue weighted by Crippen LogP contribution is 2.34. The quantitative estimate of drug-likeness (QED) is 0.878. The van der Waals surface area contributed by atoms with Crippen LogP contribution < -0.4 is 4.74 Å². The number of ether oxygens (including phenoxy) is 1.